The van der Waals surface area contributed by atoms with E-state index in [0.29, 0.717) is 12.1 Å². The van der Waals surface area contributed by atoms with E-state index in [1.54, 1.807) is 0 Å². The summed E-state index contributed by atoms with van der Waals surface area (Å²) < 4.78 is 0. The van der Waals surface area contributed by atoms with E-state index in [1.165, 1.54) is 43.7 Å². The van der Waals surface area contributed by atoms with Gasteiger partial charge in [0.15, 0.2) is 0 Å². The summed E-state index contributed by atoms with van der Waals surface area (Å²) in [5.41, 5.74) is 2.71. The molecule has 0 amide bonds. The Balaban J connectivity index is 1.73. The summed E-state index contributed by atoms with van der Waals surface area (Å²) in [6.07, 6.45) is 3.90. The zero-order chi connectivity index (χ0) is 13.2. The molecule has 0 spiro atoms. The van der Waals surface area contributed by atoms with Gasteiger partial charge in [-0.3, -0.25) is 0 Å². The Morgan fingerprint density at radius 2 is 1.89 bits per heavy atom. The largest absolute Gasteiger partial charge is 0.379 e. The van der Waals surface area contributed by atoms with Crippen molar-refractivity contribution in [3.8, 4) is 0 Å². The molecule has 2 heterocycles. The van der Waals surface area contributed by atoms with Crippen LogP contribution in [0.4, 0.5) is 11.4 Å². The Labute approximate surface area is 116 Å². The first-order valence-electron chi connectivity index (χ1n) is 7.55. The second-order valence-electron chi connectivity index (χ2n) is 6.08. The average molecular weight is 259 g/mol. The van der Waals surface area contributed by atoms with Crippen molar-refractivity contribution in [3.05, 3.63) is 24.3 Å². The van der Waals surface area contributed by atoms with Crippen LogP contribution in [0.15, 0.2) is 24.3 Å². The van der Waals surface area contributed by atoms with E-state index < -0.39 is 0 Å². The highest BCUT2D eigenvalue weighted by Crippen LogP contribution is 2.30. The number of hydrogen-bond acceptors (Lipinski definition) is 3. The molecular weight excluding hydrogens is 234 g/mol. The molecule has 0 bridgehead atoms. The summed E-state index contributed by atoms with van der Waals surface area (Å²) in [6, 6.07) is 10.1. The number of anilines is 2. The molecule has 0 aliphatic carbocycles. The minimum atomic E-state index is 0.587. The molecule has 2 saturated heterocycles. The fraction of sp³-hybridized carbons (Fsp3) is 0.625. The summed E-state index contributed by atoms with van der Waals surface area (Å²) in [4.78, 5) is 4.96. The molecule has 0 saturated carbocycles. The summed E-state index contributed by atoms with van der Waals surface area (Å²) in [7, 11) is 2.22. The Bertz CT molecular complexity index is 416. The predicted octanol–water partition coefficient (Wildman–Crippen LogP) is 2.79. The highest BCUT2D eigenvalue weighted by molar-refractivity contribution is 5.70. The van der Waals surface area contributed by atoms with Crippen LogP contribution in [0.25, 0.3) is 0 Å². The molecule has 3 nitrogen and oxygen atoms in total. The second-order valence-corrected chi connectivity index (χ2v) is 6.08. The lowest BCUT2D eigenvalue weighted by atomic mass is 10.1. The summed E-state index contributed by atoms with van der Waals surface area (Å²) >= 11 is 0. The van der Waals surface area contributed by atoms with Gasteiger partial charge < -0.3 is 15.1 Å². The van der Waals surface area contributed by atoms with Crippen LogP contribution in [-0.4, -0.2) is 43.7 Å². The van der Waals surface area contributed by atoms with Gasteiger partial charge in [-0.2, -0.15) is 0 Å². The lowest BCUT2D eigenvalue weighted by Gasteiger charge is -2.24. The monoisotopic (exact) mass is 259 g/mol. The highest BCUT2D eigenvalue weighted by atomic mass is 15.2. The molecule has 0 radical (unpaired) electrons. The van der Waals surface area contributed by atoms with E-state index in [9.17, 15) is 0 Å². The van der Waals surface area contributed by atoms with Gasteiger partial charge in [0, 0.05) is 31.7 Å². The van der Waals surface area contributed by atoms with Crippen LogP contribution in [0.3, 0.4) is 0 Å². The third-order valence-corrected chi connectivity index (χ3v) is 4.60. The van der Waals surface area contributed by atoms with Gasteiger partial charge in [-0.05, 0) is 45.4 Å². The van der Waals surface area contributed by atoms with E-state index in [-0.39, 0.29) is 0 Å². The Hall–Kier alpha value is -1.22. The van der Waals surface area contributed by atoms with Gasteiger partial charge in [0.05, 0.1) is 11.4 Å². The van der Waals surface area contributed by atoms with Crippen LogP contribution >= 0.6 is 0 Å². The SMILES string of the molecule is CC1CC(Nc2ccccc2N2CCCC2)CN1C. The number of rotatable bonds is 3. The third-order valence-electron chi connectivity index (χ3n) is 4.60. The molecular formula is C16H25N3. The fourth-order valence-electron chi connectivity index (χ4n) is 3.35. The van der Waals surface area contributed by atoms with Crippen LogP contribution in [-0.2, 0) is 0 Å². The number of benzene rings is 1. The fourth-order valence-corrected chi connectivity index (χ4v) is 3.35. The van der Waals surface area contributed by atoms with Gasteiger partial charge in [0.2, 0.25) is 0 Å². The quantitative estimate of drug-likeness (QED) is 0.900. The smallest absolute Gasteiger partial charge is 0.0602 e. The van der Waals surface area contributed by atoms with Gasteiger partial charge in [-0.25, -0.2) is 0 Å². The molecule has 2 aliphatic rings. The average Bonchev–Trinajstić information content (AvgIpc) is 3.02. The van der Waals surface area contributed by atoms with E-state index in [2.05, 4.69) is 53.4 Å². The number of nitrogens with one attached hydrogen (secondary N) is 1. The maximum Gasteiger partial charge on any atom is 0.0602 e. The van der Waals surface area contributed by atoms with Crippen molar-refractivity contribution in [1.82, 2.24) is 4.90 Å². The maximum atomic E-state index is 3.76. The number of para-hydroxylation sites is 2. The van der Waals surface area contributed by atoms with Gasteiger partial charge in [0.1, 0.15) is 0 Å². The number of likely N-dealkylation sites (N-methyl/N-ethyl adjacent to an activating group) is 1. The van der Waals surface area contributed by atoms with Crippen molar-refractivity contribution >= 4 is 11.4 Å². The Kier molecular flexibility index (Phi) is 3.65. The molecule has 19 heavy (non-hydrogen) atoms. The summed E-state index contributed by atoms with van der Waals surface area (Å²) in [6.45, 7) is 5.88. The molecule has 2 atom stereocenters. The van der Waals surface area contributed by atoms with Crippen molar-refractivity contribution in [2.24, 2.45) is 0 Å². The van der Waals surface area contributed by atoms with Crippen LogP contribution < -0.4 is 10.2 Å². The molecule has 104 valence electrons. The van der Waals surface area contributed by atoms with Crippen LogP contribution in [0.1, 0.15) is 26.2 Å². The van der Waals surface area contributed by atoms with Gasteiger partial charge >= 0.3 is 0 Å². The lowest BCUT2D eigenvalue weighted by Crippen LogP contribution is -2.26. The van der Waals surface area contributed by atoms with Crippen LogP contribution in [0, 0.1) is 0 Å². The Morgan fingerprint density at radius 1 is 1.16 bits per heavy atom. The molecule has 1 aromatic carbocycles. The number of hydrogen-bond donors (Lipinski definition) is 1. The van der Waals surface area contributed by atoms with Crippen LogP contribution in [0.5, 0.6) is 0 Å². The molecule has 3 heteroatoms. The maximum absolute atomic E-state index is 3.76. The second kappa shape index (κ2) is 5.41. The zero-order valence-corrected chi connectivity index (χ0v) is 12.1. The molecule has 1 N–H and O–H groups in total. The summed E-state index contributed by atoms with van der Waals surface area (Å²) in [5, 5.41) is 3.76. The number of likely N-dealkylation sites (tertiary alicyclic amines) is 1. The zero-order valence-electron chi connectivity index (χ0n) is 12.1. The van der Waals surface area contributed by atoms with E-state index >= 15 is 0 Å². The van der Waals surface area contributed by atoms with Crippen molar-refractivity contribution in [2.45, 2.75) is 38.3 Å². The van der Waals surface area contributed by atoms with Crippen molar-refractivity contribution in [2.75, 3.05) is 36.9 Å². The lowest BCUT2D eigenvalue weighted by molar-refractivity contribution is 0.330. The first-order chi connectivity index (χ1) is 9.24. The van der Waals surface area contributed by atoms with Crippen LogP contribution in [0.2, 0.25) is 0 Å². The normalized spacial score (nSPS) is 28.0. The van der Waals surface area contributed by atoms with E-state index in [0.717, 1.165) is 6.54 Å². The molecule has 3 rings (SSSR count). The Morgan fingerprint density at radius 3 is 2.58 bits per heavy atom. The molecule has 2 aliphatic heterocycles. The van der Waals surface area contributed by atoms with Gasteiger partial charge in [0.25, 0.3) is 0 Å². The highest BCUT2D eigenvalue weighted by Gasteiger charge is 2.26. The molecule has 1 aromatic rings. The molecule has 0 aromatic heterocycles. The standard InChI is InChI=1S/C16H25N3/c1-13-11-14(12-18(13)2)17-15-7-3-4-8-16(15)19-9-5-6-10-19/h3-4,7-8,13-14,17H,5-6,9-12H2,1-2H3. The predicted molar refractivity (Wildman–Crippen MR) is 82.0 cm³/mol. The minimum absolute atomic E-state index is 0.587. The molecule has 2 fully saturated rings. The van der Waals surface area contributed by atoms with Gasteiger partial charge in [-0.15, -0.1) is 0 Å². The minimum Gasteiger partial charge on any atom is -0.379 e. The first kappa shape index (κ1) is 12.8. The first-order valence-corrected chi connectivity index (χ1v) is 7.55. The topological polar surface area (TPSA) is 18.5 Å². The van der Waals surface area contributed by atoms with E-state index in [1.807, 2.05) is 0 Å². The third kappa shape index (κ3) is 2.71. The summed E-state index contributed by atoms with van der Waals surface area (Å²) in [5.74, 6) is 0. The van der Waals surface area contributed by atoms with Crippen molar-refractivity contribution in [3.63, 3.8) is 0 Å². The molecule has 2 unspecified atom stereocenters. The van der Waals surface area contributed by atoms with E-state index in [4.69, 9.17) is 0 Å². The van der Waals surface area contributed by atoms with Crippen molar-refractivity contribution in [1.29, 1.82) is 0 Å². The number of nitrogens with zero attached hydrogens (tertiary/aromatic N) is 2. The van der Waals surface area contributed by atoms with Gasteiger partial charge in [-0.1, -0.05) is 12.1 Å². The van der Waals surface area contributed by atoms with Crippen molar-refractivity contribution < 1.29 is 0 Å².